The van der Waals surface area contributed by atoms with Gasteiger partial charge in [0.1, 0.15) is 0 Å². The Balaban J connectivity index is 2.09. The molecule has 0 unspecified atom stereocenters. The van der Waals surface area contributed by atoms with Crippen LogP contribution in [0.5, 0.6) is 0 Å². The van der Waals surface area contributed by atoms with Crippen molar-refractivity contribution in [1.29, 1.82) is 0 Å². The minimum atomic E-state index is 0.0452. The second-order valence-electron chi connectivity index (χ2n) is 2.90. The molecule has 4 nitrogen and oxygen atoms in total. The van der Waals surface area contributed by atoms with Gasteiger partial charge in [-0.3, -0.25) is 0 Å². The number of hydrogen-bond donors (Lipinski definition) is 0. The molecular formula is C10H8N2O2Se2. The van der Waals surface area contributed by atoms with E-state index in [1.807, 2.05) is 24.3 Å². The summed E-state index contributed by atoms with van der Waals surface area (Å²) in [5.41, 5.74) is 0. The quantitative estimate of drug-likeness (QED) is 0.375. The predicted molar refractivity (Wildman–Crippen MR) is 61.6 cm³/mol. The van der Waals surface area contributed by atoms with Crippen molar-refractivity contribution in [2.45, 2.75) is 0 Å². The molecule has 2 aromatic rings. The molecule has 2 heterocycles. The van der Waals surface area contributed by atoms with Crippen LogP contribution in [0.4, 0.5) is 0 Å². The summed E-state index contributed by atoms with van der Waals surface area (Å²) in [7, 11) is 0. The zero-order valence-electron chi connectivity index (χ0n) is 8.15. The van der Waals surface area contributed by atoms with Crippen molar-refractivity contribution in [3.05, 3.63) is 59.2 Å². The Labute approximate surface area is 104 Å². The summed E-state index contributed by atoms with van der Waals surface area (Å²) in [5, 5.41) is 22.8. The predicted octanol–water partition coefficient (Wildman–Crippen LogP) is -1.77. The van der Waals surface area contributed by atoms with Crippen molar-refractivity contribution < 1.29 is 9.46 Å². The van der Waals surface area contributed by atoms with Gasteiger partial charge in [0.05, 0.1) is 0 Å². The van der Waals surface area contributed by atoms with Crippen LogP contribution in [-0.2, 0) is 0 Å². The first-order chi connectivity index (χ1) is 7.77. The molecule has 0 saturated heterocycles. The normalized spacial score (nSPS) is 10.2. The molecule has 0 aliphatic heterocycles. The van der Waals surface area contributed by atoms with Crippen molar-refractivity contribution in [1.82, 2.24) is 0 Å². The Hall–Kier alpha value is -1.06. The molecule has 2 rings (SSSR count). The van der Waals surface area contributed by atoms with E-state index in [4.69, 9.17) is 0 Å². The monoisotopic (exact) mass is 348 g/mol. The van der Waals surface area contributed by atoms with Crippen molar-refractivity contribution in [3.8, 4) is 0 Å². The first kappa shape index (κ1) is 11.4. The first-order valence-corrected chi connectivity index (χ1v) is 10.5. The molecule has 0 N–H and O–H groups in total. The van der Waals surface area contributed by atoms with Crippen LogP contribution in [-0.4, -0.2) is 26.3 Å². The van der Waals surface area contributed by atoms with Gasteiger partial charge in [-0.05, 0) is 0 Å². The molecule has 2 aromatic heterocycles. The fourth-order valence-corrected chi connectivity index (χ4v) is 7.20. The summed E-state index contributed by atoms with van der Waals surface area (Å²) in [6, 6.07) is 10.7. The van der Waals surface area contributed by atoms with Gasteiger partial charge < -0.3 is 0 Å². The summed E-state index contributed by atoms with van der Waals surface area (Å²) in [6.07, 6.45) is 2.98. The average Bonchev–Trinajstić information content (AvgIpc) is 2.30. The van der Waals surface area contributed by atoms with E-state index in [1.165, 1.54) is 12.4 Å². The third-order valence-electron chi connectivity index (χ3n) is 1.79. The molecule has 0 fully saturated rings. The molecule has 16 heavy (non-hydrogen) atoms. The van der Waals surface area contributed by atoms with Gasteiger partial charge in [-0.2, -0.15) is 0 Å². The number of hydrogen-bond acceptors (Lipinski definition) is 2. The fourth-order valence-electron chi connectivity index (χ4n) is 1.04. The van der Waals surface area contributed by atoms with Gasteiger partial charge in [0.25, 0.3) is 0 Å². The van der Waals surface area contributed by atoms with Gasteiger partial charge in [0.15, 0.2) is 0 Å². The Morgan fingerprint density at radius 1 is 0.750 bits per heavy atom. The van der Waals surface area contributed by atoms with Crippen LogP contribution in [0.25, 0.3) is 0 Å². The first-order valence-electron chi connectivity index (χ1n) is 4.48. The van der Waals surface area contributed by atoms with Crippen LogP contribution in [0.3, 0.4) is 0 Å². The van der Waals surface area contributed by atoms with Crippen molar-refractivity contribution in [3.63, 3.8) is 0 Å². The summed E-state index contributed by atoms with van der Waals surface area (Å²) < 4.78 is 3.28. The summed E-state index contributed by atoms with van der Waals surface area (Å²) in [6.45, 7) is 0. The van der Waals surface area contributed by atoms with E-state index in [0.717, 1.165) is 18.6 Å². The van der Waals surface area contributed by atoms with E-state index in [2.05, 4.69) is 0 Å². The standard InChI is InChI=1S/C10H8N2O2Se2/c13-11-7-3-1-5-9(11)15-16-10-6-2-4-8-12(10)14/h1-8H. The molecule has 0 spiro atoms. The van der Waals surface area contributed by atoms with Gasteiger partial charge in [0, 0.05) is 0 Å². The molecule has 0 aliphatic carbocycles. The maximum atomic E-state index is 11.4. The van der Waals surface area contributed by atoms with E-state index in [0.29, 0.717) is 0 Å². The van der Waals surface area contributed by atoms with Crippen molar-refractivity contribution in [2.24, 2.45) is 0 Å². The Morgan fingerprint density at radius 2 is 1.19 bits per heavy atom. The molecule has 0 amide bonds. The zero-order chi connectivity index (χ0) is 11.4. The van der Waals surface area contributed by atoms with Gasteiger partial charge >= 0.3 is 104 Å². The number of nitrogens with zero attached hydrogens (tertiary/aromatic N) is 2. The van der Waals surface area contributed by atoms with Gasteiger partial charge in [-0.1, -0.05) is 0 Å². The Morgan fingerprint density at radius 3 is 1.56 bits per heavy atom. The molecule has 6 heteroatoms. The summed E-state index contributed by atoms with van der Waals surface area (Å²) >= 11 is 0.0903. The van der Waals surface area contributed by atoms with Gasteiger partial charge in [0.2, 0.25) is 0 Å². The van der Waals surface area contributed by atoms with Crippen LogP contribution in [0.15, 0.2) is 48.8 Å². The molecule has 82 valence electrons. The van der Waals surface area contributed by atoms with Gasteiger partial charge in [-0.25, -0.2) is 0 Å². The number of pyridine rings is 2. The van der Waals surface area contributed by atoms with E-state index in [1.54, 1.807) is 12.1 Å². The van der Waals surface area contributed by atoms with Crippen LogP contribution in [0, 0.1) is 10.4 Å². The maximum absolute atomic E-state index is 11.4. The zero-order valence-corrected chi connectivity index (χ0v) is 11.6. The average molecular weight is 346 g/mol. The van der Waals surface area contributed by atoms with E-state index < -0.39 is 0 Å². The Kier molecular flexibility index (Phi) is 3.80. The van der Waals surface area contributed by atoms with Crippen LogP contribution >= 0.6 is 0 Å². The second-order valence-corrected chi connectivity index (χ2v) is 8.98. The third kappa shape index (κ3) is 2.74. The SMILES string of the molecule is [O-][n+]1ccccc1[Se][Se]c1cccc[n+]1[O-]. The molecule has 0 aromatic carbocycles. The van der Waals surface area contributed by atoms with Gasteiger partial charge in [-0.15, -0.1) is 0 Å². The molecule has 0 atom stereocenters. The van der Waals surface area contributed by atoms with E-state index in [9.17, 15) is 10.4 Å². The molecule has 0 aliphatic rings. The van der Waals surface area contributed by atoms with Crippen molar-refractivity contribution >= 4 is 35.4 Å². The summed E-state index contributed by atoms with van der Waals surface area (Å²) in [4.78, 5) is 0. The molecule has 0 bridgehead atoms. The third-order valence-corrected chi connectivity index (χ3v) is 8.64. The van der Waals surface area contributed by atoms with Crippen molar-refractivity contribution in [2.75, 3.05) is 0 Å². The van der Waals surface area contributed by atoms with Crippen LogP contribution in [0.1, 0.15) is 0 Å². The van der Waals surface area contributed by atoms with Crippen LogP contribution < -0.4 is 18.6 Å². The van der Waals surface area contributed by atoms with E-state index >= 15 is 0 Å². The molecule has 0 saturated carbocycles. The molecule has 0 radical (unpaired) electrons. The van der Waals surface area contributed by atoms with E-state index in [-0.39, 0.29) is 26.3 Å². The minimum absolute atomic E-state index is 0.0452. The summed E-state index contributed by atoms with van der Waals surface area (Å²) in [5.74, 6) is 0. The fraction of sp³-hybridized carbons (Fsp3) is 0. The number of rotatable bonds is 3. The topological polar surface area (TPSA) is 53.9 Å². The molecular weight excluding hydrogens is 338 g/mol. The van der Waals surface area contributed by atoms with Crippen LogP contribution in [0.2, 0.25) is 0 Å². The second kappa shape index (κ2) is 5.32. The Bertz CT molecular complexity index is 448. The number of aromatic nitrogens is 2.